The Morgan fingerprint density at radius 1 is 2.00 bits per heavy atom. The van der Waals surface area contributed by atoms with Gasteiger partial charge in [0.1, 0.15) is 12.4 Å². The van der Waals surface area contributed by atoms with Crippen molar-refractivity contribution in [2.75, 3.05) is 6.86 Å². The summed E-state index contributed by atoms with van der Waals surface area (Å²) in [6.45, 7) is 0.590. The van der Waals surface area contributed by atoms with E-state index in [-0.39, 0.29) is 0 Å². The van der Waals surface area contributed by atoms with Crippen LogP contribution in [-0.4, -0.2) is 19.3 Å². The molecule has 0 spiro atoms. The number of ether oxygens (including phenoxy) is 1. The van der Waals surface area contributed by atoms with Gasteiger partial charge in [0.2, 0.25) is 0 Å². The van der Waals surface area contributed by atoms with Crippen molar-refractivity contribution in [3.8, 4) is 0 Å². The smallest absolute Gasteiger partial charge is 0.189 e. The number of carbonyl (C=O) groups excluding carboxylic acids is 1. The molecule has 0 rings (SSSR count). The van der Waals surface area contributed by atoms with E-state index in [1.165, 1.54) is 6.92 Å². The van der Waals surface area contributed by atoms with Gasteiger partial charge in [-0.05, 0) is 6.92 Å². The molecule has 0 saturated carbocycles. The standard InChI is InChI=1S/C4H7FO2/c1-4(2-6)7-3-5/h2,4H,3H2,1H3. The van der Waals surface area contributed by atoms with E-state index < -0.39 is 13.0 Å². The van der Waals surface area contributed by atoms with Crippen molar-refractivity contribution in [2.45, 2.75) is 13.0 Å². The van der Waals surface area contributed by atoms with Crippen LogP contribution in [0.1, 0.15) is 6.92 Å². The number of halogens is 1. The highest BCUT2D eigenvalue weighted by Gasteiger charge is 1.94. The predicted molar refractivity (Wildman–Crippen MR) is 22.6 cm³/mol. The summed E-state index contributed by atoms with van der Waals surface area (Å²) in [5.41, 5.74) is 0. The van der Waals surface area contributed by atoms with Crippen LogP contribution in [0.2, 0.25) is 0 Å². The van der Waals surface area contributed by atoms with Crippen LogP contribution < -0.4 is 0 Å². The van der Waals surface area contributed by atoms with Gasteiger partial charge in [0.15, 0.2) is 6.86 Å². The summed E-state index contributed by atoms with van der Waals surface area (Å²) in [7, 11) is 0. The second-order valence-electron chi connectivity index (χ2n) is 1.12. The van der Waals surface area contributed by atoms with Crippen LogP contribution >= 0.6 is 0 Å². The van der Waals surface area contributed by atoms with Crippen LogP contribution in [0.5, 0.6) is 0 Å². The van der Waals surface area contributed by atoms with E-state index >= 15 is 0 Å². The molecule has 7 heavy (non-hydrogen) atoms. The highest BCUT2D eigenvalue weighted by Crippen LogP contribution is 1.82. The van der Waals surface area contributed by atoms with Gasteiger partial charge >= 0.3 is 0 Å². The van der Waals surface area contributed by atoms with E-state index in [1.54, 1.807) is 0 Å². The lowest BCUT2D eigenvalue weighted by Gasteiger charge is -1.96. The Morgan fingerprint density at radius 3 is 2.71 bits per heavy atom. The molecule has 0 aromatic rings. The lowest BCUT2D eigenvalue weighted by Crippen LogP contribution is -2.07. The molecule has 42 valence electrons. The minimum absolute atomic E-state index is 0.541. The van der Waals surface area contributed by atoms with E-state index in [1.807, 2.05) is 0 Å². The summed E-state index contributed by atoms with van der Waals surface area (Å²) in [6.07, 6.45) is -0.0652. The first-order chi connectivity index (χ1) is 3.31. The van der Waals surface area contributed by atoms with Crippen LogP contribution in [0.25, 0.3) is 0 Å². The maximum absolute atomic E-state index is 11.0. The monoisotopic (exact) mass is 106 g/mol. The van der Waals surface area contributed by atoms with Crippen molar-refractivity contribution >= 4 is 6.29 Å². The molecule has 0 aromatic carbocycles. The molecular formula is C4H7FO2. The quantitative estimate of drug-likeness (QED) is 0.490. The lowest BCUT2D eigenvalue weighted by atomic mass is 10.5. The van der Waals surface area contributed by atoms with E-state index in [9.17, 15) is 9.18 Å². The minimum Gasteiger partial charge on any atom is -0.340 e. The largest absolute Gasteiger partial charge is 0.340 e. The average Bonchev–Trinajstić information content (AvgIpc) is 1.68. The first-order valence-corrected chi connectivity index (χ1v) is 1.94. The Balaban J connectivity index is 2.98. The van der Waals surface area contributed by atoms with Gasteiger partial charge in [0, 0.05) is 0 Å². The molecule has 0 aliphatic rings. The van der Waals surface area contributed by atoms with Gasteiger partial charge in [0.05, 0.1) is 0 Å². The molecule has 0 aliphatic carbocycles. The minimum atomic E-state index is -0.889. The first kappa shape index (κ1) is 6.56. The maximum atomic E-state index is 11.0. The Morgan fingerprint density at radius 2 is 2.57 bits per heavy atom. The fourth-order valence-electron chi connectivity index (χ4n) is 0.139. The lowest BCUT2D eigenvalue weighted by molar-refractivity contribution is -0.119. The highest BCUT2D eigenvalue weighted by atomic mass is 19.1. The summed E-state index contributed by atoms with van der Waals surface area (Å²) in [4.78, 5) is 9.60. The van der Waals surface area contributed by atoms with Crippen molar-refractivity contribution < 1.29 is 13.9 Å². The molecule has 0 fully saturated rings. The molecule has 1 unspecified atom stereocenters. The third-order valence-corrected chi connectivity index (χ3v) is 0.518. The average molecular weight is 106 g/mol. The Labute approximate surface area is 41.3 Å². The van der Waals surface area contributed by atoms with Gasteiger partial charge in [-0.2, -0.15) is 0 Å². The summed E-state index contributed by atoms with van der Waals surface area (Å²) >= 11 is 0. The van der Waals surface area contributed by atoms with Crippen molar-refractivity contribution in [2.24, 2.45) is 0 Å². The molecule has 3 heteroatoms. The summed E-state index contributed by atoms with van der Waals surface area (Å²) in [5.74, 6) is 0. The Bertz CT molecular complexity index is 55.7. The Kier molecular flexibility index (Phi) is 3.50. The van der Waals surface area contributed by atoms with Gasteiger partial charge in [-0.1, -0.05) is 0 Å². The topological polar surface area (TPSA) is 26.3 Å². The van der Waals surface area contributed by atoms with Crippen LogP contribution in [0.4, 0.5) is 4.39 Å². The molecule has 2 nitrogen and oxygen atoms in total. The normalized spacial score (nSPS) is 13.4. The first-order valence-electron chi connectivity index (χ1n) is 1.94. The number of carbonyl (C=O) groups is 1. The summed E-state index contributed by atoms with van der Waals surface area (Å²) in [6, 6.07) is 0. The van der Waals surface area contributed by atoms with Gasteiger partial charge in [0.25, 0.3) is 0 Å². The van der Waals surface area contributed by atoms with Crippen LogP contribution in [0.15, 0.2) is 0 Å². The van der Waals surface area contributed by atoms with Crippen molar-refractivity contribution in [3.63, 3.8) is 0 Å². The second-order valence-corrected chi connectivity index (χ2v) is 1.12. The zero-order valence-electron chi connectivity index (χ0n) is 4.06. The number of hydrogen-bond acceptors (Lipinski definition) is 2. The van der Waals surface area contributed by atoms with Crippen LogP contribution in [0, 0.1) is 0 Å². The fourth-order valence-corrected chi connectivity index (χ4v) is 0.139. The molecule has 0 radical (unpaired) electrons. The molecule has 0 N–H and O–H groups in total. The Hall–Kier alpha value is -0.440. The molecule has 0 saturated heterocycles. The van der Waals surface area contributed by atoms with Crippen LogP contribution in [-0.2, 0) is 9.53 Å². The number of alkyl halides is 1. The molecule has 0 aromatic heterocycles. The van der Waals surface area contributed by atoms with Gasteiger partial charge in [-0.25, -0.2) is 4.39 Å². The zero-order chi connectivity index (χ0) is 5.70. The van der Waals surface area contributed by atoms with Crippen molar-refractivity contribution in [1.29, 1.82) is 0 Å². The van der Waals surface area contributed by atoms with Crippen molar-refractivity contribution in [3.05, 3.63) is 0 Å². The van der Waals surface area contributed by atoms with E-state index in [4.69, 9.17) is 0 Å². The summed E-state index contributed by atoms with van der Waals surface area (Å²) < 4.78 is 15.2. The second kappa shape index (κ2) is 3.74. The zero-order valence-corrected chi connectivity index (χ0v) is 4.06. The van der Waals surface area contributed by atoms with E-state index in [2.05, 4.69) is 4.74 Å². The van der Waals surface area contributed by atoms with E-state index in [0.29, 0.717) is 6.29 Å². The van der Waals surface area contributed by atoms with Crippen molar-refractivity contribution in [1.82, 2.24) is 0 Å². The predicted octanol–water partition coefficient (Wildman–Crippen LogP) is 0.517. The molecule has 0 amide bonds. The third kappa shape index (κ3) is 3.39. The molecule has 0 heterocycles. The third-order valence-electron chi connectivity index (χ3n) is 0.518. The fraction of sp³-hybridized carbons (Fsp3) is 0.750. The van der Waals surface area contributed by atoms with Gasteiger partial charge in [-0.15, -0.1) is 0 Å². The van der Waals surface area contributed by atoms with Crippen LogP contribution in [0.3, 0.4) is 0 Å². The summed E-state index contributed by atoms with van der Waals surface area (Å²) in [5, 5.41) is 0. The number of hydrogen-bond donors (Lipinski definition) is 0. The molecular weight excluding hydrogens is 99.0 g/mol. The number of aldehydes is 1. The number of rotatable bonds is 3. The van der Waals surface area contributed by atoms with Gasteiger partial charge < -0.3 is 9.53 Å². The molecule has 0 bridgehead atoms. The molecule has 0 aliphatic heterocycles. The highest BCUT2D eigenvalue weighted by molar-refractivity contribution is 5.54. The van der Waals surface area contributed by atoms with Gasteiger partial charge in [-0.3, -0.25) is 0 Å². The maximum Gasteiger partial charge on any atom is 0.189 e. The molecule has 1 atom stereocenters. The van der Waals surface area contributed by atoms with E-state index in [0.717, 1.165) is 0 Å². The SMILES string of the molecule is CC(C=O)OCF.